The SMILES string of the molecule is COC(=O)c1cc(C(=O)NCc2cn(-c3ccccc3)nc2-c2ccccc2)cc([N+](=O)[O-])c1. The molecule has 9 nitrogen and oxygen atoms in total. The lowest BCUT2D eigenvalue weighted by atomic mass is 10.1. The van der Waals surface area contributed by atoms with Crippen molar-refractivity contribution in [2.75, 3.05) is 7.11 Å². The van der Waals surface area contributed by atoms with Crippen LogP contribution in [-0.2, 0) is 11.3 Å². The molecule has 0 spiro atoms. The molecule has 0 unspecified atom stereocenters. The maximum Gasteiger partial charge on any atom is 0.338 e. The maximum atomic E-state index is 12.9. The quantitative estimate of drug-likeness (QED) is 0.254. The largest absolute Gasteiger partial charge is 0.465 e. The predicted octanol–water partition coefficient (Wildman–Crippen LogP) is 4.16. The zero-order valence-corrected chi connectivity index (χ0v) is 18.2. The van der Waals surface area contributed by atoms with E-state index in [4.69, 9.17) is 5.10 Å². The van der Waals surface area contributed by atoms with Crippen molar-refractivity contribution in [2.45, 2.75) is 6.54 Å². The predicted molar refractivity (Wildman–Crippen MR) is 125 cm³/mol. The number of nitro groups is 1. The number of hydrogen-bond donors (Lipinski definition) is 1. The molecule has 0 radical (unpaired) electrons. The second-order valence-electron chi connectivity index (χ2n) is 7.35. The summed E-state index contributed by atoms with van der Waals surface area (Å²) in [4.78, 5) is 35.4. The Balaban J connectivity index is 1.64. The van der Waals surface area contributed by atoms with Gasteiger partial charge in [0, 0.05) is 41.6 Å². The van der Waals surface area contributed by atoms with Gasteiger partial charge >= 0.3 is 5.97 Å². The van der Waals surface area contributed by atoms with E-state index in [1.165, 1.54) is 6.07 Å². The fourth-order valence-electron chi connectivity index (χ4n) is 3.45. The molecule has 4 rings (SSSR count). The van der Waals surface area contributed by atoms with E-state index >= 15 is 0 Å². The van der Waals surface area contributed by atoms with Crippen LogP contribution < -0.4 is 5.32 Å². The molecule has 0 aliphatic heterocycles. The van der Waals surface area contributed by atoms with Crippen molar-refractivity contribution < 1.29 is 19.2 Å². The van der Waals surface area contributed by atoms with Gasteiger partial charge in [0.1, 0.15) is 0 Å². The van der Waals surface area contributed by atoms with Crippen LogP contribution in [0.25, 0.3) is 16.9 Å². The van der Waals surface area contributed by atoms with E-state index in [2.05, 4.69) is 10.1 Å². The highest BCUT2D eigenvalue weighted by Crippen LogP contribution is 2.24. The molecule has 1 amide bonds. The number of rotatable bonds is 7. The minimum Gasteiger partial charge on any atom is -0.465 e. The Morgan fingerprint density at radius 2 is 1.65 bits per heavy atom. The number of amides is 1. The van der Waals surface area contributed by atoms with Crippen LogP contribution in [0.3, 0.4) is 0 Å². The number of carbonyl (C=O) groups excluding carboxylic acids is 2. The number of benzene rings is 3. The van der Waals surface area contributed by atoms with E-state index in [1.807, 2.05) is 66.9 Å². The van der Waals surface area contributed by atoms with E-state index in [0.29, 0.717) is 5.69 Å². The molecule has 0 bridgehead atoms. The van der Waals surface area contributed by atoms with Gasteiger partial charge < -0.3 is 10.1 Å². The molecule has 4 aromatic rings. The molecule has 1 N–H and O–H groups in total. The smallest absolute Gasteiger partial charge is 0.338 e. The summed E-state index contributed by atoms with van der Waals surface area (Å²) < 4.78 is 6.37. The number of hydrogen-bond acceptors (Lipinski definition) is 6. The normalized spacial score (nSPS) is 10.5. The van der Waals surface area contributed by atoms with Crippen LogP contribution in [0.5, 0.6) is 0 Å². The Bertz CT molecular complexity index is 1350. The molecule has 0 atom stereocenters. The van der Waals surface area contributed by atoms with Crippen LogP contribution in [0, 0.1) is 10.1 Å². The fraction of sp³-hybridized carbons (Fsp3) is 0.0800. The van der Waals surface area contributed by atoms with E-state index < -0.39 is 16.8 Å². The number of methoxy groups -OCH3 is 1. The third-order valence-electron chi connectivity index (χ3n) is 5.11. The Kier molecular flexibility index (Phi) is 6.45. The summed E-state index contributed by atoms with van der Waals surface area (Å²) in [5.74, 6) is -1.34. The fourth-order valence-corrected chi connectivity index (χ4v) is 3.45. The van der Waals surface area contributed by atoms with Gasteiger partial charge in [0.15, 0.2) is 0 Å². The first kappa shape index (κ1) is 22.4. The highest BCUT2D eigenvalue weighted by Gasteiger charge is 2.19. The van der Waals surface area contributed by atoms with Crippen LogP contribution in [-0.4, -0.2) is 33.7 Å². The Hall–Kier alpha value is -4.79. The number of ether oxygens (including phenoxy) is 1. The molecule has 0 fully saturated rings. The van der Waals surface area contributed by atoms with Crippen LogP contribution in [0.15, 0.2) is 85.1 Å². The highest BCUT2D eigenvalue weighted by atomic mass is 16.6. The van der Waals surface area contributed by atoms with Gasteiger partial charge in [0.2, 0.25) is 0 Å². The first-order valence-electron chi connectivity index (χ1n) is 10.3. The number of para-hydroxylation sites is 1. The average molecular weight is 456 g/mol. The van der Waals surface area contributed by atoms with Gasteiger partial charge in [-0.1, -0.05) is 48.5 Å². The van der Waals surface area contributed by atoms with Crippen LogP contribution in [0.4, 0.5) is 5.69 Å². The number of esters is 1. The molecule has 170 valence electrons. The number of aromatic nitrogens is 2. The van der Waals surface area contributed by atoms with Gasteiger partial charge in [-0.15, -0.1) is 0 Å². The molecule has 3 aromatic carbocycles. The van der Waals surface area contributed by atoms with Crippen molar-refractivity contribution in [3.8, 4) is 16.9 Å². The summed E-state index contributed by atoms with van der Waals surface area (Å²) in [6, 6.07) is 22.6. The molecular formula is C25H20N4O5. The molecule has 0 saturated carbocycles. The lowest BCUT2D eigenvalue weighted by Gasteiger charge is -2.07. The Morgan fingerprint density at radius 1 is 1.00 bits per heavy atom. The zero-order valence-electron chi connectivity index (χ0n) is 18.2. The van der Waals surface area contributed by atoms with Crippen molar-refractivity contribution in [2.24, 2.45) is 0 Å². The maximum absolute atomic E-state index is 12.9. The number of nitro benzene ring substituents is 1. The van der Waals surface area contributed by atoms with Gasteiger partial charge in [-0.3, -0.25) is 14.9 Å². The van der Waals surface area contributed by atoms with E-state index in [9.17, 15) is 19.7 Å². The minimum absolute atomic E-state index is 0.0219. The number of non-ortho nitro benzene ring substituents is 1. The van der Waals surface area contributed by atoms with Crippen molar-refractivity contribution in [3.05, 3.63) is 112 Å². The summed E-state index contributed by atoms with van der Waals surface area (Å²) in [5, 5.41) is 18.7. The monoisotopic (exact) mass is 456 g/mol. The van der Waals surface area contributed by atoms with Crippen LogP contribution >= 0.6 is 0 Å². The molecule has 1 heterocycles. The molecule has 34 heavy (non-hydrogen) atoms. The van der Waals surface area contributed by atoms with Crippen LogP contribution in [0.1, 0.15) is 26.3 Å². The molecule has 0 saturated heterocycles. The van der Waals surface area contributed by atoms with Gasteiger partial charge in [-0.05, 0) is 18.2 Å². The lowest BCUT2D eigenvalue weighted by Crippen LogP contribution is -2.23. The first-order chi connectivity index (χ1) is 16.5. The van der Waals surface area contributed by atoms with Crippen molar-refractivity contribution in [1.29, 1.82) is 0 Å². The summed E-state index contributed by atoms with van der Waals surface area (Å²) in [6.07, 6.45) is 1.82. The van der Waals surface area contributed by atoms with E-state index in [-0.39, 0.29) is 23.4 Å². The third-order valence-corrected chi connectivity index (χ3v) is 5.11. The molecule has 0 aliphatic carbocycles. The highest BCUT2D eigenvalue weighted by molar-refractivity contribution is 5.99. The second kappa shape index (κ2) is 9.78. The number of nitrogens with zero attached hydrogens (tertiary/aromatic N) is 3. The van der Waals surface area contributed by atoms with E-state index in [0.717, 1.165) is 36.1 Å². The summed E-state index contributed by atoms with van der Waals surface area (Å²) in [7, 11) is 1.16. The Labute approximate surface area is 194 Å². The molecule has 9 heteroatoms. The van der Waals surface area contributed by atoms with Gasteiger partial charge in [0.05, 0.1) is 29.0 Å². The molecule has 0 aliphatic rings. The van der Waals surface area contributed by atoms with Crippen molar-refractivity contribution in [3.63, 3.8) is 0 Å². The van der Waals surface area contributed by atoms with Gasteiger partial charge in [-0.25, -0.2) is 9.48 Å². The third kappa shape index (κ3) is 4.83. The second-order valence-corrected chi connectivity index (χ2v) is 7.35. The van der Waals surface area contributed by atoms with Crippen molar-refractivity contribution in [1.82, 2.24) is 15.1 Å². The number of carbonyl (C=O) groups is 2. The number of nitrogens with one attached hydrogen (secondary N) is 1. The topological polar surface area (TPSA) is 116 Å². The lowest BCUT2D eigenvalue weighted by molar-refractivity contribution is -0.384. The zero-order chi connectivity index (χ0) is 24.1. The van der Waals surface area contributed by atoms with Crippen molar-refractivity contribution >= 4 is 17.6 Å². The average Bonchev–Trinajstić information content (AvgIpc) is 3.31. The van der Waals surface area contributed by atoms with E-state index in [1.54, 1.807) is 4.68 Å². The van der Waals surface area contributed by atoms with Gasteiger partial charge in [-0.2, -0.15) is 5.10 Å². The minimum atomic E-state index is -0.770. The summed E-state index contributed by atoms with van der Waals surface area (Å²) in [6.45, 7) is 0.117. The molecular weight excluding hydrogens is 436 g/mol. The Morgan fingerprint density at radius 3 is 2.29 bits per heavy atom. The first-order valence-corrected chi connectivity index (χ1v) is 10.3. The standard InChI is InChI=1S/C25H20N4O5/c1-34-25(31)19-12-18(13-22(14-19)29(32)33)24(30)26-15-20-16-28(21-10-6-3-7-11-21)27-23(20)17-8-4-2-5-9-17/h2-14,16H,15H2,1H3,(H,26,30). The summed E-state index contributed by atoms with van der Waals surface area (Å²) in [5.41, 5.74) is 2.70. The summed E-state index contributed by atoms with van der Waals surface area (Å²) >= 11 is 0. The van der Waals surface area contributed by atoms with Gasteiger partial charge in [0.25, 0.3) is 11.6 Å². The molecule has 1 aromatic heterocycles. The van der Waals surface area contributed by atoms with Crippen LogP contribution in [0.2, 0.25) is 0 Å².